The number of aromatic nitrogens is 2. The highest BCUT2D eigenvalue weighted by Crippen LogP contribution is 2.25. The minimum absolute atomic E-state index is 0.0809. The number of benzene rings is 1. The fourth-order valence-corrected chi connectivity index (χ4v) is 2.06. The van der Waals surface area contributed by atoms with Crippen LogP contribution < -0.4 is 10.1 Å². The molecule has 0 saturated carbocycles. The van der Waals surface area contributed by atoms with Crippen molar-refractivity contribution in [1.29, 1.82) is 0 Å². The molecule has 0 unspecified atom stereocenters. The summed E-state index contributed by atoms with van der Waals surface area (Å²) in [5.74, 6) is -0.523. The van der Waals surface area contributed by atoms with Crippen LogP contribution in [0.5, 0.6) is 5.75 Å². The number of nitrogens with zero attached hydrogens (tertiary/aromatic N) is 2. The van der Waals surface area contributed by atoms with E-state index in [1.165, 1.54) is 22.9 Å². The van der Waals surface area contributed by atoms with Crippen LogP contribution in [-0.2, 0) is 11.3 Å². The number of anilines is 1. The number of ether oxygens (including phenoxy) is 1. The zero-order valence-electron chi connectivity index (χ0n) is 11.9. The second-order valence-corrected chi connectivity index (χ2v) is 4.94. The normalized spacial score (nSPS) is 10.8. The molecule has 1 N–H and O–H groups in total. The maximum atomic E-state index is 12.3. The lowest BCUT2D eigenvalue weighted by Gasteiger charge is -2.12. The van der Waals surface area contributed by atoms with E-state index in [2.05, 4.69) is 15.2 Å². The molecule has 0 aliphatic heterocycles. The van der Waals surface area contributed by atoms with Crippen molar-refractivity contribution < 1.29 is 18.3 Å². The molecule has 5 nitrogen and oxygen atoms in total. The molecule has 1 amide bonds. The highest BCUT2D eigenvalue weighted by Gasteiger charge is 2.14. The van der Waals surface area contributed by atoms with Gasteiger partial charge in [0.25, 0.3) is 0 Å². The SMILES string of the molecule is Cc1nn(CC(=O)Nc2ccccc2OC(F)F)c(C)c1Cl. The average Bonchev–Trinajstić information content (AvgIpc) is 2.68. The molecule has 0 atom stereocenters. The molecule has 1 aromatic heterocycles. The Hall–Kier alpha value is -2.15. The third kappa shape index (κ3) is 3.73. The van der Waals surface area contributed by atoms with E-state index < -0.39 is 12.5 Å². The van der Waals surface area contributed by atoms with Crippen LogP contribution >= 0.6 is 11.6 Å². The predicted octanol–water partition coefficient (Wildman–Crippen LogP) is 3.39. The van der Waals surface area contributed by atoms with Crippen molar-refractivity contribution in [2.45, 2.75) is 27.0 Å². The molecule has 0 saturated heterocycles. The van der Waals surface area contributed by atoms with Crippen molar-refractivity contribution in [3.05, 3.63) is 40.7 Å². The van der Waals surface area contributed by atoms with Crippen LogP contribution in [0.1, 0.15) is 11.4 Å². The molecule has 2 aromatic rings. The van der Waals surface area contributed by atoms with Crippen molar-refractivity contribution >= 4 is 23.2 Å². The lowest BCUT2D eigenvalue weighted by atomic mass is 10.3. The summed E-state index contributed by atoms with van der Waals surface area (Å²) in [6.45, 7) is 0.425. The van der Waals surface area contributed by atoms with E-state index in [0.717, 1.165) is 0 Å². The Morgan fingerprint density at radius 1 is 1.41 bits per heavy atom. The number of carbonyl (C=O) groups excluding carboxylic acids is 1. The first-order valence-electron chi connectivity index (χ1n) is 6.41. The second-order valence-electron chi connectivity index (χ2n) is 4.57. The summed E-state index contributed by atoms with van der Waals surface area (Å²) in [7, 11) is 0. The Labute approximate surface area is 130 Å². The maximum Gasteiger partial charge on any atom is 0.387 e. The van der Waals surface area contributed by atoms with E-state index >= 15 is 0 Å². The van der Waals surface area contributed by atoms with Crippen LogP contribution in [-0.4, -0.2) is 22.3 Å². The van der Waals surface area contributed by atoms with Gasteiger partial charge < -0.3 is 10.1 Å². The molecule has 0 bridgehead atoms. The Morgan fingerprint density at radius 2 is 2.09 bits per heavy atom. The Balaban J connectivity index is 2.11. The number of rotatable bonds is 5. The summed E-state index contributed by atoms with van der Waals surface area (Å²) < 4.78 is 30.4. The molecule has 1 heterocycles. The van der Waals surface area contributed by atoms with E-state index in [1.807, 2.05) is 0 Å². The van der Waals surface area contributed by atoms with Crippen molar-refractivity contribution in [3.8, 4) is 5.75 Å². The number of carbonyl (C=O) groups is 1. The van der Waals surface area contributed by atoms with Gasteiger partial charge in [0.1, 0.15) is 12.3 Å². The third-order valence-electron chi connectivity index (χ3n) is 2.96. The van der Waals surface area contributed by atoms with Crippen LogP contribution in [0.15, 0.2) is 24.3 Å². The Bertz CT molecular complexity index is 689. The molecule has 22 heavy (non-hydrogen) atoms. The van der Waals surface area contributed by atoms with Crippen LogP contribution in [0.4, 0.5) is 14.5 Å². The van der Waals surface area contributed by atoms with E-state index in [1.54, 1.807) is 19.9 Å². The zero-order valence-corrected chi connectivity index (χ0v) is 12.7. The second kappa shape index (κ2) is 6.74. The number of nitrogens with one attached hydrogen (secondary N) is 1. The fraction of sp³-hybridized carbons (Fsp3) is 0.286. The topological polar surface area (TPSA) is 56.2 Å². The van der Waals surface area contributed by atoms with Gasteiger partial charge in [0.15, 0.2) is 0 Å². The van der Waals surface area contributed by atoms with Gasteiger partial charge in [0, 0.05) is 0 Å². The minimum Gasteiger partial charge on any atom is -0.433 e. The van der Waals surface area contributed by atoms with Crippen molar-refractivity contribution in [2.75, 3.05) is 5.32 Å². The highest BCUT2D eigenvalue weighted by atomic mass is 35.5. The van der Waals surface area contributed by atoms with Gasteiger partial charge in [-0.1, -0.05) is 23.7 Å². The van der Waals surface area contributed by atoms with Gasteiger partial charge >= 0.3 is 6.61 Å². The molecule has 0 fully saturated rings. The molecule has 0 radical (unpaired) electrons. The van der Waals surface area contributed by atoms with E-state index in [0.29, 0.717) is 16.4 Å². The molecule has 0 aliphatic rings. The summed E-state index contributed by atoms with van der Waals surface area (Å²) in [4.78, 5) is 12.0. The van der Waals surface area contributed by atoms with Crippen molar-refractivity contribution in [3.63, 3.8) is 0 Å². The summed E-state index contributed by atoms with van der Waals surface area (Å²) in [5.41, 5.74) is 1.44. The van der Waals surface area contributed by atoms with Crippen molar-refractivity contribution in [1.82, 2.24) is 9.78 Å². The Kier molecular flexibility index (Phi) is 4.97. The van der Waals surface area contributed by atoms with Gasteiger partial charge in [-0.25, -0.2) is 0 Å². The van der Waals surface area contributed by atoms with Gasteiger partial charge in [-0.2, -0.15) is 13.9 Å². The maximum absolute atomic E-state index is 12.3. The van der Waals surface area contributed by atoms with E-state index in [4.69, 9.17) is 11.6 Å². The van der Waals surface area contributed by atoms with Gasteiger partial charge in [-0.15, -0.1) is 0 Å². The number of para-hydroxylation sites is 2. The number of alkyl halides is 2. The van der Waals surface area contributed by atoms with Crippen LogP contribution in [0, 0.1) is 13.8 Å². The lowest BCUT2D eigenvalue weighted by Crippen LogP contribution is -2.21. The first-order chi connectivity index (χ1) is 10.4. The molecule has 1 aromatic carbocycles. The number of amides is 1. The largest absolute Gasteiger partial charge is 0.433 e. The highest BCUT2D eigenvalue weighted by molar-refractivity contribution is 6.31. The summed E-state index contributed by atoms with van der Waals surface area (Å²) in [5, 5.41) is 7.15. The lowest BCUT2D eigenvalue weighted by molar-refractivity contribution is -0.117. The quantitative estimate of drug-likeness (QED) is 0.914. The third-order valence-corrected chi connectivity index (χ3v) is 3.51. The number of hydrogen-bond donors (Lipinski definition) is 1. The number of aryl methyl sites for hydroxylation is 1. The molecule has 118 valence electrons. The summed E-state index contributed by atoms with van der Waals surface area (Å²) in [6.07, 6.45) is 0. The molecule has 0 spiro atoms. The molecule has 8 heteroatoms. The first-order valence-corrected chi connectivity index (χ1v) is 6.79. The van der Waals surface area contributed by atoms with Crippen LogP contribution in [0.2, 0.25) is 5.02 Å². The van der Waals surface area contributed by atoms with E-state index in [9.17, 15) is 13.6 Å². The number of halogens is 3. The zero-order chi connectivity index (χ0) is 16.3. The van der Waals surface area contributed by atoms with Gasteiger partial charge in [0.05, 0.1) is 22.1 Å². The summed E-state index contributed by atoms with van der Waals surface area (Å²) >= 11 is 6.01. The smallest absolute Gasteiger partial charge is 0.387 e. The molecule has 0 aliphatic carbocycles. The van der Waals surface area contributed by atoms with Gasteiger partial charge in [-0.05, 0) is 26.0 Å². The predicted molar refractivity (Wildman–Crippen MR) is 78.4 cm³/mol. The molecule has 2 rings (SSSR count). The molecular formula is C14H14ClF2N3O2. The van der Waals surface area contributed by atoms with Gasteiger partial charge in [0.2, 0.25) is 5.91 Å². The minimum atomic E-state index is -2.96. The van der Waals surface area contributed by atoms with E-state index in [-0.39, 0.29) is 18.0 Å². The average molecular weight is 330 g/mol. The van der Waals surface area contributed by atoms with Crippen LogP contribution in [0.3, 0.4) is 0 Å². The number of hydrogen-bond acceptors (Lipinski definition) is 3. The standard InChI is InChI=1S/C14H14ClF2N3O2/c1-8-13(15)9(2)20(19-8)7-12(21)18-10-5-3-4-6-11(10)22-14(16)17/h3-6,14H,7H2,1-2H3,(H,18,21). The first kappa shape index (κ1) is 16.2. The van der Waals surface area contributed by atoms with Crippen molar-refractivity contribution in [2.24, 2.45) is 0 Å². The monoisotopic (exact) mass is 329 g/mol. The van der Waals surface area contributed by atoms with Crippen LogP contribution in [0.25, 0.3) is 0 Å². The summed E-state index contributed by atoms with van der Waals surface area (Å²) in [6, 6.07) is 5.97. The fourth-order valence-electron chi connectivity index (χ4n) is 1.92. The van der Waals surface area contributed by atoms with Gasteiger partial charge in [-0.3, -0.25) is 9.48 Å². The Morgan fingerprint density at radius 3 is 2.68 bits per heavy atom. The molecular weight excluding hydrogens is 316 g/mol.